The Balaban J connectivity index is 1.47. The molecule has 0 unspecified atom stereocenters. The molecule has 1 aromatic heterocycles. The van der Waals surface area contributed by atoms with Gasteiger partial charge in [0.1, 0.15) is 0 Å². The van der Waals surface area contributed by atoms with E-state index < -0.39 is 0 Å². The van der Waals surface area contributed by atoms with Gasteiger partial charge in [0.15, 0.2) is 5.13 Å². The van der Waals surface area contributed by atoms with Crippen molar-refractivity contribution in [3.05, 3.63) is 81.7 Å². The molecule has 6 heteroatoms. The lowest BCUT2D eigenvalue weighted by molar-refractivity contribution is -0.115. The van der Waals surface area contributed by atoms with E-state index in [0.717, 1.165) is 21.9 Å². The zero-order valence-corrected chi connectivity index (χ0v) is 16.4. The number of hydrogen-bond acceptors (Lipinski definition) is 3. The van der Waals surface area contributed by atoms with Crippen molar-refractivity contribution < 1.29 is 4.79 Å². The van der Waals surface area contributed by atoms with Crippen molar-refractivity contribution in [3.8, 4) is 11.3 Å². The van der Waals surface area contributed by atoms with Gasteiger partial charge in [-0.1, -0.05) is 65.7 Å². The van der Waals surface area contributed by atoms with E-state index in [1.54, 1.807) is 12.1 Å². The molecule has 0 aliphatic rings. The number of fused-ring (bicyclic) bond motifs is 1. The zero-order valence-electron chi connectivity index (χ0n) is 14.1. The number of benzene rings is 3. The standard InChI is InChI=1S/C21H14Cl2N2OS/c22-16-7-8-17(18(23)11-16)19-12-27-21(24-19)25-20(26)10-13-5-6-14-3-1-2-4-15(14)9-13/h1-9,11-12H,10H2,(H,24,25,26). The maximum Gasteiger partial charge on any atom is 0.230 e. The lowest BCUT2D eigenvalue weighted by Gasteiger charge is -2.04. The Morgan fingerprint density at radius 2 is 1.81 bits per heavy atom. The Bertz CT molecular complexity index is 1140. The van der Waals surface area contributed by atoms with Gasteiger partial charge >= 0.3 is 0 Å². The van der Waals surface area contributed by atoms with Crippen molar-refractivity contribution in [2.24, 2.45) is 0 Å². The van der Waals surface area contributed by atoms with Gasteiger partial charge in [-0.15, -0.1) is 11.3 Å². The van der Waals surface area contributed by atoms with Crippen LogP contribution in [-0.4, -0.2) is 10.9 Å². The molecule has 1 heterocycles. The average Bonchev–Trinajstić information content (AvgIpc) is 3.09. The Labute approximate surface area is 170 Å². The van der Waals surface area contributed by atoms with Crippen molar-refractivity contribution in [3.63, 3.8) is 0 Å². The molecular weight excluding hydrogens is 399 g/mol. The highest BCUT2D eigenvalue weighted by Crippen LogP contribution is 2.32. The molecule has 3 aromatic carbocycles. The van der Waals surface area contributed by atoms with Crippen LogP contribution in [0.1, 0.15) is 5.56 Å². The van der Waals surface area contributed by atoms with E-state index in [-0.39, 0.29) is 5.91 Å². The molecule has 134 valence electrons. The molecule has 27 heavy (non-hydrogen) atoms. The monoisotopic (exact) mass is 412 g/mol. The van der Waals surface area contributed by atoms with E-state index in [2.05, 4.69) is 16.4 Å². The lowest BCUT2D eigenvalue weighted by atomic mass is 10.1. The number of halogens is 2. The molecule has 4 rings (SSSR count). The van der Waals surface area contributed by atoms with E-state index in [1.807, 2.05) is 47.8 Å². The third-order valence-corrected chi connectivity index (χ3v) is 5.44. The third-order valence-electron chi connectivity index (χ3n) is 4.14. The zero-order chi connectivity index (χ0) is 18.8. The van der Waals surface area contributed by atoms with E-state index in [0.29, 0.717) is 27.3 Å². The molecule has 1 N–H and O–H groups in total. The number of aromatic nitrogens is 1. The van der Waals surface area contributed by atoms with Crippen LogP contribution >= 0.6 is 34.5 Å². The van der Waals surface area contributed by atoms with Gasteiger partial charge in [0.25, 0.3) is 0 Å². The summed E-state index contributed by atoms with van der Waals surface area (Å²) in [6.07, 6.45) is 0.293. The van der Waals surface area contributed by atoms with Crippen LogP contribution in [0.3, 0.4) is 0 Å². The summed E-state index contributed by atoms with van der Waals surface area (Å²) in [5.74, 6) is -0.103. The lowest BCUT2D eigenvalue weighted by Crippen LogP contribution is -2.14. The number of hydrogen-bond donors (Lipinski definition) is 1. The van der Waals surface area contributed by atoms with Gasteiger partial charge in [-0.25, -0.2) is 4.98 Å². The van der Waals surface area contributed by atoms with Crippen molar-refractivity contribution in [1.82, 2.24) is 4.98 Å². The highest BCUT2D eigenvalue weighted by Gasteiger charge is 2.11. The number of rotatable bonds is 4. The van der Waals surface area contributed by atoms with E-state index in [4.69, 9.17) is 23.2 Å². The van der Waals surface area contributed by atoms with Gasteiger partial charge in [-0.2, -0.15) is 0 Å². The van der Waals surface area contributed by atoms with Gasteiger partial charge in [0.05, 0.1) is 17.1 Å². The van der Waals surface area contributed by atoms with Crippen LogP contribution in [0.5, 0.6) is 0 Å². The van der Waals surface area contributed by atoms with Crippen LogP contribution < -0.4 is 5.32 Å². The van der Waals surface area contributed by atoms with Crippen LogP contribution in [0, 0.1) is 0 Å². The summed E-state index contributed by atoms with van der Waals surface area (Å²) in [5, 5.41) is 8.65. The van der Waals surface area contributed by atoms with Crippen molar-refractivity contribution in [2.45, 2.75) is 6.42 Å². The molecule has 4 aromatic rings. The number of carbonyl (C=O) groups is 1. The first kappa shape index (κ1) is 18.0. The van der Waals surface area contributed by atoms with Crippen molar-refractivity contribution in [1.29, 1.82) is 0 Å². The molecule has 0 bridgehead atoms. The molecule has 0 saturated heterocycles. The Hall–Kier alpha value is -2.40. The fraction of sp³-hybridized carbons (Fsp3) is 0.0476. The summed E-state index contributed by atoms with van der Waals surface area (Å²) < 4.78 is 0. The Morgan fingerprint density at radius 3 is 2.63 bits per heavy atom. The van der Waals surface area contributed by atoms with Gasteiger partial charge in [0, 0.05) is 16.0 Å². The van der Waals surface area contributed by atoms with Crippen molar-refractivity contribution in [2.75, 3.05) is 5.32 Å². The van der Waals surface area contributed by atoms with Gasteiger partial charge in [-0.05, 0) is 34.5 Å². The second-order valence-electron chi connectivity index (χ2n) is 6.07. The molecule has 0 fully saturated rings. The highest BCUT2D eigenvalue weighted by atomic mass is 35.5. The third kappa shape index (κ3) is 4.14. The van der Waals surface area contributed by atoms with Crippen LogP contribution in [0.2, 0.25) is 10.0 Å². The second kappa shape index (κ2) is 7.69. The first-order chi connectivity index (χ1) is 13.1. The van der Waals surface area contributed by atoms with Gasteiger partial charge in [0.2, 0.25) is 5.91 Å². The molecular formula is C21H14Cl2N2OS. The first-order valence-electron chi connectivity index (χ1n) is 8.27. The first-order valence-corrected chi connectivity index (χ1v) is 9.90. The van der Waals surface area contributed by atoms with Crippen LogP contribution in [0.15, 0.2) is 66.0 Å². The van der Waals surface area contributed by atoms with E-state index >= 15 is 0 Å². The number of nitrogens with one attached hydrogen (secondary N) is 1. The van der Waals surface area contributed by atoms with Crippen LogP contribution in [0.25, 0.3) is 22.0 Å². The molecule has 0 atom stereocenters. The summed E-state index contributed by atoms with van der Waals surface area (Å²) in [6.45, 7) is 0. The molecule has 0 aliphatic heterocycles. The second-order valence-corrected chi connectivity index (χ2v) is 7.77. The average molecular weight is 413 g/mol. The topological polar surface area (TPSA) is 42.0 Å². The molecule has 0 spiro atoms. The number of anilines is 1. The molecule has 0 saturated carbocycles. The molecule has 3 nitrogen and oxygen atoms in total. The van der Waals surface area contributed by atoms with E-state index in [1.165, 1.54) is 11.3 Å². The minimum absolute atomic E-state index is 0.103. The maximum absolute atomic E-state index is 12.4. The summed E-state index contributed by atoms with van der Waals surface area (Å²) in [4.78, 5) is 16.8. The highest BCUT2D eigenvalue weighted by molar-refractivity contribution is 7.14. The van der Waals surface area contributed by atoms with Crippen LogP contribution in [-0.2, 0) is 11.2 Å². The summed E-state index contributed by atoms with van der Waals surface area (Å²) >= 11 is 13.5. The fourth-order valence-corrected chi connectivity index (χ4v) is 4.08. The van der Waals surface area contributed by atoms with Crippen LogP contribution in [0.4, 0.5) is 5.13 Å². The van der Waals surface area contributed by atoms with Crippen molar-refractivity contribution >= 4 is 56.3 Å². The normalized spacial score (nSPS) is 10.9. The number of carbonyl (C=O) groups excluding carboxylic acids is 1. The van der Waals surface area contributed by atoms with Gasteiger partial charge < -0.3 is 5.32 Å². The summed E-state index contributed by atoms with van der Waals surface area (Å²) in [6, 6.07) is 19.4. The van der Waals surface area contributed by atoms with E-state index in [9.17, 15) is 4.79 Å². The molecule has 1 amide bonds. The summed E-state index contributed by atoms with van der Waals surface area (Å²) in [7, 11) is 0. The fourth-order valence-electron chi connectivity index (χ4n) is 2.85. The Morgan fingerprint density at radius 1 is 1.00 bits per heavy atom. The predicted molar refractivity (Wildman–Crippen MR) is 114 cm³/mol. The number of amides is 1. The minimum atomic E-state index is -0.103. The minimum Gasteiger partial charge on any atom is -0.302 e. The molecule has 0 aliphatic carbocycles. The maximum atomic E-state index is 12.4. The SMILES string of the molecule is O=C(Cc1ccc2ccccc2c1)Nc1nc(-c2ccc(Cl)cc2Cl)cs1. The predicted octanol–water partition coefficient (Wildman–Crippen LogP) is 6.45. The Kier molecular flexibility index (Phi) is 5.12. The quantitative estimate of drug-likeness (QED) is 0.418. The smallest absolute Gasteiger partial charge is 0.230 e. The van der Waals surface area contributed by atoms with Gasteiger partial charge in [-0.3, -0.25) is 4.79 Å². The number of thiazole rings is 1. The largest absolute Gasteiger partial charge is 0.302 e. The molecule has 0 radical (unpaired) electrons. The number of nitrogens with zero attached hydrogens (tertiary/aromatic N) is 1. The summed E-state index contributed by atoms with van der Waals surface area (Å²) in [5.41, 5.74) is 2.46.